The number of fused-ring (bicyclic) bond motifs is 1. The average Bonchev–Trinajstić information content (AvgIpc) is 3.33. The molecule has 0 bridgehead atoms. The van der Waals surface area contributed by atoms with Crippen molar-refractivity contribution in [2.24, 2.45) is 5.10 Å². The highest BCUT2D eigenvalue weighted by molar-refractivity contribution is 9.10. The summed E-state index contributed by atoms with van der Waals surface area (Å²) in [6.07, 6.45) is 2.01. The molecule has 40 heavy (non-hydrogen) atoms. The predicted molar refractivity (Wildman–Crippen MR) is 155 cm³/mol. The van der Waals surface area contributed by atoms with Gasteiger partial charge >= 0.3 is 5.91 Å². The number of rotatable bonds is 6. The molecular weight excluding hydrogens is 572 g/mol. The number of hydrogen-bond acceptors (Lipinski definition) is 5. The van der Waals surface area contributed by atoms with Crippen LogP contribution in [0, 0.1) is 6.92 Å². The van der Waals surface area contributed by atoms with Gasteiger partial charge in [-0.05, 0) is 59.0 Å². The fourth-order valence-corrected chi connectivity index (χ4v) is 5.32. The molecule has 202 valence electrons. The maximum atomic E-state index is 13.4. The van der Waals surface area contributed by atoms with Gasteiger partial charge in [-0.3, -0.25) is 25.2 Å². The first-order valence-corrected chi connectivity index (χ1v) is 13.7. The van der Waals surface area contributed by atoms with Gasteiger partial charge < -0.3 is 4.42 Å². The Morgan fingerprint density at radius 1 is 0.825 bits per heavy atom. The molecule has 8 nitrogen and oxygen atoms in total. The Hall–Kier alpha value is -4.50. The number of benzene rings is 3. The standard InChI is InChI=1S/C31H27BrN4O4/c1-19-26-24(33-35-30(38)27(20-11-4-2-5-12-20)21-13-6-3-7-14-21)17-10-18-25(26)40-28(19)31(39)36-34-29(37)22-15-8-9-16-23(22)32/h2-9,11-16,27H,10,17-18H2,1H3,(H,34,37)(H,35,38)(H,36,39)/b33-24+. The maximum Gasteiger partial charge on any atom is 0.305 e. The van der Waals surface area contributed by atoms with Gasteiger partial charge in [0.05, 0.1) is 17.2 Å². The normalized spacial score (nSPS) is 13.5. The molecule has 3 aromatic carbocycles. The summed E-state index contributed by atoms with van der Waals surface area (Å²) < 4.78 is 6.52. The number of aryl methyl sites for hydroxylation is 1. The highest BCUT2D eigenvalue weighted by Crippen LogP contribution is 2.30. The summed E-state index contributed by atoms with van der Waals surface area (Å²) >= 11 is 3.33. The zero-order valence-corrected chi connectivity index (χ0v) is 23.3. The van der Waals surface area contributed by atoms with Crippen molar-refractivity contribution >= 4 is 39.4 Å². The van der Waals surface area contributed by atoms with Crippen LogP contribution >= 0.6 is 15.9 Å². The molecule has 0 aliphatic heterocycles. The van der Waals surface area contributed by atoms with E-state index in [1.807, 2.05) is 60.7 Å². The first-order valence-electron chi connectivity index (χ1n) is 12.9. The van der Waals surface area contributed by atoms with E-state index in [0.717, 1.165) is 17.5 Å². The minimum Gasteiger partial charge on any atom is -0.455 e. The molecule has 1 aliphatic carbocycles. The molecule has 9 heteroatoms. The maximum absolute atomic E-state index is 13.4. The largest absolute Gasteiger partial charge is 0.455 e. The fraction of sp³-hybridized carbons (Fsp3) is 0.161. The fourth-order valence-electron chi connectivity index (χ4n) is 4.85. The van der Waals surface area contributed by atoms with Crippen LogP contribution in [0.1, 0.15) is 67.7 Å². The van der Waals surface area contributed by atoms with Crippen molar-refractivity contribution in [3.8, 4) is 0 Å². The molecule has 4 aromatic rings. The van der Waals surface area contributed by atoms with Gasteiger partial charge in [0, 0.05) is 22.0 Å². The van der Waals surface area contributed by atoms with Crippen LogP contribution in [0.15, 0.2) is 98.9 Å². The van der Waals surface area contributed by atoms with Gasteiger partial charge in [-0.15, -0.1) is 0 Å². The molecule has 0 saturated heterocycles. The lowest BCUT2D eigenvalue weighted by Gasteiger charge is -2.18. The number of halogens is 1. The summed E-state index contributed by atoms with van der Waals surface area (Å²) in [7, 11) is 0. The van der Waals surface area contributed by atoms with Crippen LogP contribution in [0.4, 0.5) is 0 Å². The Bertz CT molecular complexity index is 1540. The lowest BCUT2D eigenvalue weighted by atomic mass is 9.90. The lowest BCUT2D eigenvalue weighted by Crippen LogP contribution is -2.41. The minimum atomic E-state index is -0.580. The van der Waals surface area contributed by atoms with Gasteiger partial charge in [0.1, 0.15) is 5.76 Å². The second-order valence-corrected chi connectivity index (χ2v) is 10.2. The SMILES string of the molecule is Cc1c(C(=O)NNC(=O)c2ccccc2Br)oc2c1/C(=N/NC(=O)C(c1ccccc1)c1ccccc1)CCC2. The molecule has 0 fully saturated rings. The Kier molecular flexibility index (Phi) is 8.21. The number of carbonyl (C=O) groups is 3. The van der Waals surface area contributed by atoms with Crippen molar-refractivity contribution in [3.05, 3.63) is 129 Å². The molecule has 0 radical (unpaired) electrons. The van der Waals surface area contributed by atoms with Crippen molar-refractivity contribution in [2.45, 2.75) is 32.1 Å². The molecule has 0 spiro atoms. The number of hydrogen-bond donors (Lipinski definition) is 3. The Balaban J connectivity index is 1.34. The first-order chi connectivity index (χ1) is 19.4. The summed E-state index contributed by atoms with van der Waals surface area (Å²) in [6.45, 7) is 1.77. The number of amides is 3. The monoisotopic (exact) mass is 598 g/mol. The quantitative estimate of drug-likeness (QED) is 0.257. The van der Waals surface area contributed by atoms with E-state index in [-0.39, 0.29) is 11.7 Å². The van der Waals surface area contributed by atoms with Crippen LogP contribution in [0.3, 0.4) is 0 Å². The van der Waals surface area contributed by atoms with E-state index in [1.54, 1.807) is 31.2 Å². The third-order valence-electron chi connectivity index (χ3n) is 6.77. The van der Waals surface area contributed by atoms with Crippen molar-refractivity contribution in [3.63, 3.8) is 0 Å². The lowest BCUT2D eigenvalue weighted by molar-refractivity contribution is -0.121. The van der Waals surface area contributed by atoms with Gasteiger partial charge in [0.2, 0.25) is 0 Å². The van der Waals surface area contributed by atoms with E-state index in [1.165, 1.54) is 0 Å². The van der Waals surface area contributed by atoms with Crippen LogP contribution in [0.25, 0.3) is 0 Å². The predicted octanol–water partition coefficient (Wildman–Crippen LogP) is 5.41. The summed E-state index contributed by atoms with van der Waals surface area (Å²) in [4.78, 5) is 38.9. The number of furan rings is 1. The molecule has 1 heterocycles. The Labute approximate surface area is 240 Å². The first kappa shape index (κ1) is 27.1. The molecule has 3 N–H and O–H groups in total. The van der Waals surface area contributed by atoms with Crippen LogP contribution in [0.2, 0.25) is 0 Å². The number of nitrogens with zero attached hydrogens (tertiary/aromatic N) is 1. The summed E-state index contributed by atoms with van der Waals surface area (Å²) in [5.74, 6) is -1.12. The smallest absolute Gasteiger partial charge is 0.305 e. The van der Waals surface area contributed by atoms with Crippen molar-refractivity contribution in [1.82, 2.24) is 16.3 Å². The van der Waals surface area contributed by atoms with Crippen molar-refractivity contribution in [1.29, 1.82) is 0 Å². The Morgan fingerprint density at radius 3 is 2.08 bits per heavy atom. The van der Waals surface area contributed by atoms with Gasteiger partial charge in [-0.1, -0.05) is 72.8 Å². The van der Waals surface area contributed by atoms with E-state index in [4.69, 9.17) is 4.42 Å². The van der Waals surface area contributed by atoms with Crippen molar-refractivity contribution < 1.29 is 18.8 Å². The third-order valence-corrected chi connectivity index (χ3v) is 7.46. The molecule has 1 aromatic heterocycles. The molecule has 3 amide bonds. The molecule has 1 aliphatic rings. The average molecular weight is 599 g/mol. The highest BCUT2D eigenvalue weighted by atomic mass is 79.9. The zero-order valence-electron chi connectivity index (χ0n) is 21.7. The van der Waals surface area contributed by atoms with Crippen molar-refractivity contribution in [2.75, 3.05) is 0 Å². The molecule has 0 atom stereocenters. The number of nitrogens with one attached hydrogen (secondary N) is 3. The Morgan fingerprint density at radius 2 is 1.43 bits per heavy atom. The van der Waals surface area contributed by atoms with E-state index in [9.17, 15) is 14.4 Å². The van der Waals surface area contributed by atoms with E-state index in [2.05, 4.69) is 37.3 Å². The second kappa shape index (κ2) is 12.1. The van der Waals surface area contributed by atoms with Crippen LogP contribution in [0.5, 0.6) is 0 Å². The molecule has 0 saturated carbocycles. The molecule has 5 rings (SSSR count). The molecular formula is C31H27BrN4O4. The summed E-state index contributed by atoms with van der Waals surface area (Å²) in [5.41, 5.74) is 11.7. The number of hydrazone groups is 1. The zero-order chi connectivity index (χ0) is 28.1. The molecule has 0 unspecified atom stereocenters. The highest BCUT2D eigenvalue weighted by Gasteiger charge is 2.29. The van der Waals surface area contributed by atoms with Crippen LogP contribution < -0.4 is 16.3 Å². The number of hydrazine groups is 1. The van der Waals surface area contributed by atoms with Gasteiger partial charge in [0.25, 0.3) is 11.8 Å². The summed E-state index contributed by atoms with van der Waals surface area (Å²) in [5, 5.41) is 4.50. The van der Waals surface area contributed by atoms with Gasteiger partial charge in [-0.25, -0.2) is 5.43 Å². The minimum absolute atomic E-state index is 0.0878. The van der Waals surface area contributed by atoms with E-state index >= 15 is 0 Å². The van der Waals surface area contributed by atoms with Gasteiger partial charge in [-0.2, -0.15) is 5.10 Å². The van der Waals surface area contributed by atoms with Gasteiger partial charge in [0.15, 0.2) is 5.76 Å². The topological polar surface area (TPSA) is 113 Å². The number of carbonyl (C=O) groups excluding carboxylic acids is 3. The summed E-state index contributed by atoms with van der Waals surface area (Å²) in [6, 6.07) is 26.0. The second-order valence-electron chi connectivity index (χ2n) is 9.38. The van der Waals surface area contributed by atoms with Crippen LogP contribution in [-0.2, 0) is 11.2 Å². The third kappa shape index (κ3) is 5.74. The van der Waals surface area contributed by atoms with E-state index < -0.39 is 17.7 Å². The van der Waals surface area contributed by atoms with E-state index in [0.29, 0.717) is 45.5 Å². The van der Waals surface area contributed by atoms with Crippen LogP contribution in [-0.4, -0.2) is 23.4 Å².